The summed E-state index contributed by atoms with van der Waals surface area (Å²) in [6, 6.07) is 28.2. The number of pyridine rings is 2. The van der Waals surface area contributed by atoms with E-state index in [-0.39, 0.29) is 64.6 Å². The number of Topliss-reactive ketones (excluding diaryl/α,β-unsaturated/α-hetero) is 2. The number of rotatable bonds is 10. The summed E-state index contributed by atoms with van der Waals surface area (Å²) in [4.78, 5) is 31.8. The number of ketones is 2. The van der Waals surface area contributed by atoms with E-state index in [2.05, 4.69) is 34.2 Å². The van der Waals surface area contributed by atoms with Crippen LogP contribution in [0.1, 0.15) is 37.8 Å². The van der Waals surface area contributed by atoms with Crippen LogP contribution < -0.4 is 0 Å². The zero-order chi connectivity index (χ0) is 32.1. The van der Waals surface area contributed by atoms with Gasteiger partial charge in [0.15, 0.2) is 0 Å². The van der Waals surface area contributed by atoms with Gasteiger partial charge in [0.1, 0.15) is 23.8 Å². The first-order valence-electron chi connectivity index (χ1n) is 15.5. The van der Waals surface area contributed by atoms with Crippen molar-refractivity contribution in [2.24, 2.45) is 0 Å². The molecule has 0 radical (unpaired) electrons. The molecule has 48 heavy (non-hydrogen) atoms. The quantitative estimate of drug-likeness (QED) is 0.150. The van der Waals surface area contributed by atoms with Gasteiger partial charge < -0.3 is 9.47 Å². The van der Waals surface area contributed by atoms with Crippen LogP contribution in [-0.4, -0.2) is 33.7 Å². The van der Waals surface area contributed by atoms with E-state index in [4.69, 9.17) is 9.47 Å². The topological polar surface area (TPSA) is 78.4 Å². The zero-order valence-corrected chi connectivity index (χ0v) is 30.0. The number of hydrogen-bond acceptors (Lipinski definition) is 6. The van der Waals surface area contributed by atoms with E-state index >= 15 is 0 Å². The van der Waals surface area contributed by atoms with Crippen molar-refractivity contribution in [1.82, 2.24) is 9.97 Å². The fourth-order valence-corrected chi connectivity index (χ4v) is 5.61. The van der Waals surface area contributed by atoms with Crippen molar-refractivity contribution in [1.29, 1.82) is 0 Å². The molecule has 0 fully saturated rings. The van der Waals surface area contributed by atoms with Crippen molar-refractivity contribution < 1.29 is 59.9 Å². The van der Waals surface area contributed by atoms with Crippen LogP contribution in [-0.2, 0) is 72.8 Å². The van der Waals surface area contributed by atoms with Crippen LogP contribution >= 0.6 is 0 Å². The van der Waals surface area contributed by atoms with Crippen molar-refractivity contribution in [3.63, 3.8) is 0 Å². The van der Waals surface area contributed by atoms with Gasteiger partial charge in [-0.1, -0.05) is 72.8 Å². The molecule has 2 aromatic carbocycles. The second kappa shape index (κ2) is 19.7. The van der Waals surface area contributed by atoms with E-state index in [9.17, 15) is 9.59 Å². The van der Waals surface area contributed by atoms with Gasteiger partial charge in [-0.3, -0.25) is 19.6 Å². The van der Waals surface area contributed by atoms with Gasteiger partial charge in [-0.25, -0.2) is 0 Å². The molecule has 8 heteroatoms. The van der Waals surface area contributed by atoms with Crippen LogP contribution in [0.5, 0.6) is 0 Å². The Kier molecular flexibility index (Phi) is 15.8. The molecule has 0 saturated carbocycles. The first-order valence-corrected chi connectivity index (χ1v) is 15.5. The van der Waals surface area contributed by atoms with Crippen LogP contribution in [0.2, 0.25) is 0 Å². The number of ether oxygens (including phenoxy) is 2. The first kappa shape index (κ1) is 38.4. The van der Waals surface area contributed by atoms with E-state index < -0.39 is 0 Å². The maximum Gasteiger partial charge on any atom is 0.134 e. The van der Waals surface area contributed by atoms with Crippen molar-refractivity contribution in [2.75, 3.05) is 0 Å². The van der Waals surface area contributed by atoms with E-state index in [1.165, 1.54) is 11.1 Å². The maximum atomic E-state index is 11.5. The summed E-state index contributed by atoms with van der Waals surface area (Å²) in [7, 11) is 0. The average Bonchev–Trinajstić information content (AvgIpc) is 3.08. The third-order valence-electron chi connectivity index (χ3n) is 7.72. The standard InChI is InChI=1S/2C20H19NO2.2Pd/c2*1-15(22)13-17-8-6-12-23-20(17)14-16-7-2-3-9-18(16)19-10-4-5-11-21-19;;/h2*2-12,20H,13-14H2,1H3;;. The molecule has 6 nitrogen and oxygen atoms in total. The van der Waals surface area contributed by atoms with Crippen LogP contribution in [0.4, 0.5) is 0 Å². The minimum atomic E-state index is -0.103. The summed E-state index contributed by atoms with van der Waals surface area (Å²) < 4.78 is 11.5. The van der Waals surface area contributed by atoms with Gasteiger partial charge in [-0.15, -0.1) is 0 Å². The van der Waals surface area contributed by atoms with Gasteiger partial charge in [0, 0.05) is 90.0 Å². The molecular formula is C40H38N2O4Pd2. The molecule has 4 heterocycles. The smallest absolute Gasteiger partial charge is 0.134 e. The van der Waals surface area contributed by atoms with Crippen molar-refractivity contribution in [3.8, 4) is 22.5 Å². The van der Waals surface area contributed by atoms with Crippen LogP contribution in [0, 0.1) is 0 Å². The van der Waals surface area contributed by atoms with Gasteiger partial charge in [0.2, 0.25) is 0 Å². The molecule has 2 atom stereocenters. The van der Waals surface area contributed by atoms with E-state index in [0.29, 0.717) is 12.8 Å². The molecule has 0 spiro atoms. The van der Waals surface area contributed by atoms with Gasteiger partial charge in [0.25, 0.3) is 0 Å². The Bertz CT molecular complexity index is 1640. The summed E-state index contributed by atoms with van der Waals surface area (Å²) in [5.74, 6) is 0.302. The van der Waals surface area contributed by atoms with Crippen LogP contribution in [0.3, 0.4) is 0 Å². The Morgan fingerprint density at radius 1 is 0.583 bits per heavy atom. The number of aromatic nitrogens is 2. The van der Waals surface area contributed by atoms with E-state index in [0.717, 1.165) is 46.5 Å². The number of carbonyl (C=O) groups excluding carboxylic acids is 2. The fourth-order valence-electron chi connectivity index (χ4n) is 5.61. The minimum absolute atomic E-state index is 0. The fraction of sp³-hybridized carbons (Fsp3) is 0.200. The average molecular weight is 824 g/mol. The third kappa shape index (κ3) is 11.0. The molecule has 4 aromatic rings. The molecule has 2 aromatic heterocycles. The van der Waals surface area contributed by atoms with Crippen molar-refractivity contribution in [3.05, 3.63) is 156 Å². The Hall–Kier alpha value is -4.04. The van der Waals surface area contributed by atoms with Crippen molar-refractivity contribution >= 4 is 11.6 Å². The summed E-state index contributed by atoms with van der Waals surface area (Å²) in [6.45, 7) is 3.22. The Morgan fingerprint density at radius 2 is 0.979 bits per heavy atom. The summed E-state index contributed by atoms with van der Waals surface area (Å²) in [5, 5.41) is 0. The van der Waals surface area contributed by atoms with Crippen LogP contribution in [0.15, 0.2) is 145 Å². The van der Waals surface area contributed by atoms with Crippen molar-refractivity contribution in [2.45, 2.75) is 51.7 Å². The molecule has 0 N–H and O–H groups in total. The minimum Gasteiger partial charge on any atom is -0.493 e. The number of hydrogen-bond donors (Lipinski definition) is 0. The third-order valence-corrected chi connectivity index (χ3v) is 7.72. The molecule has 2 unspecified atom stereocenters. The molecule has 2 aliphatic heterocycles. The predicted molar refractivity (Wildman–Crippen MR) is 182 cm³/mol. The molecule has 2 aliphatic rings. The summed E-state index contributed by atoms with van der Waals surface area (Å²) >= 11 is 0. The number of carbonyl (C=O) groups is 2. The largest absolute Gasteiger partial charge is 0.493 e. The van der Waals surface area contributed by atoms with Gasteiger partial charge in [-0.05, 0) is 72.5 Å². The maximum absolute atomic E-state index is 11.5. The van der Waals surface area contributed by atoms with E-state index in [1.54, 1.807) is 38.8 Å². The predicted octanol–water partition coefficient (Wildman–Crippen LogP) is 8.21. The number of allylic oxidation sites excluding steroid dienone is 4. The molecule has 0 saturated heterocycles. The normalized spacial score (nSPS) is 15.9. The van der Waals surface area contributed by atoms with Crippen LogP contribution in [0.25, 0.3) is 22.5 Å². The Morgan fingerprint density at radius 3 is 1.35 bits per heavy atom. The van der Waals surface area contributed by atoms with Gasteiger partial charge in [0.05, 0.1) is 23.9 Å². The monoisotopic (exact) mass is 822 g/mol. The first-order chi connectivity index (χ1) is 22.5. The molecule has 6 rings (SSSR count). The summed E-state index contributed by atoms with van der Waals surface area (Å²) in [5.41, 5.74) is 8.49. The molecule has 0 amide bonds. The number of nitrogens with zero attached hydrogens (tertiary/aromatic N) is 2. The zero-order valence-electron chi connectivity index (χ0n) is 26.8. The SMILES string of the molecule is CC(=O)CC1=CC=COC1Cc1ccccc1-c1ccccn1.CC(=O)CC1=CC=COC1Cc1ccccc1-c1ccccn1.[Pd].[Pd]. The Labute approximate surface area is 310 Å². The second-order valence-electron chi connectivity index (χ2n) is 11.3. The molecule has 252 valence electrons. The van der Waals surface area contributed by atoms with Gasteiger partial charge in [-0.2, -0.15) is 0 Å². The number of benzene rings is 2. The second-order valence-corrected chi connectivity index (χ2v) is 11.3. The van der Waals surface area contributed by atoms with Gasteiger partial charge >= 0.3 is 0 Å². The van der Waals surface area contributed by atoms with E-state index in [1.807, 2.05) is 85.0 Å². The molecule has 0 aliphatic carbocycles. The molecule has 0 bridgehead atoms. The Balaban J connectivity index is 0.000000250. The summed E-state index contributed by atoms with van der Waals surface area (Å²) in [6.07, 6.45) is 16.7. The molecular weight excluding hydrogens is 785 g/mol.